The van der Waals surface area contributed by atoms with Crippen LogP contribution in [-0.2, 0) is 0 Å². The van der Waals surface area contributed by atoms with Crippen LogP contribution in [0.5, 0.6) is 0 Å². The van der Waals surface area contributed by atoms with Gasteiger partial charge in [-0.25, -0.2) is 0 Å². The fourth-order valence-electron chi connectivity index (χ4n) is 4.00. The van der Waals surface area contributed by atoms with Crippen molar-refractivity contribution in [3.63, 3.8) is 0 Å². The van der Waals surface area contributed by atoms with Crippen molar-refractivity contribution in [3.8, 4) is 0 Å². The number of nitrogens with zero attached hydrogens (tertiary/aromatic N) is 1. The molecule has 0 amide bonds. The van der Waals surface area contributed by atoms with Crippen molar-refractivity contribution >= 4 is 46.4 Å². The van der Waals surface area contributed by atoms with E-state index in [1.54, 1.807) is 0 Å². The van der Waals surface area contributed by atoms with Crippen molar-refractivity contribution in [2.24, 2.45) is 17.8 Å². The molecule has 3 rings (SSSR count). The maximum absolute atomic E-state index is 6.08. The molecule has 0 radical (unpaired) electrons. The molecule has 3 unspecified atom stereocenters. The number of benzene rings is 1. The highest BCUT2D eigenvalue weighted by Crippen LogP contribution is 2.41. The molecule has 1 aliphatic carbocycles. The van der Waals surface area contributed by atoms with E-state index in [4.69, 9.17) is 23.8 Å². The Morgan fingerprint density at radius 2 is 2.23 bits per heavy atom. The van der Waals surface area contributed by atoms with E-state index in [1.165, 1.54) is 38.5 Å². The van der Waals surface area contributed by atoms with E-state index in [1.807, 2.05) is 24.3 Å². The van der Waals surface area contributed by atoms with Crippen LogP contribution in [0, 0.1) is 17.8 Å². The summed E-state index contributed by atoms with van der Waals surface area (Å²) in [4.78, 5) is 2.37. The predicted molar refractivity (Wildman–Crippen MR) is 120 cm³/mol. The first-order valence-corrected chi connectivity index (χ1v) is 11.8. The van der Waals surface area contributed by atoms with Gasteiger partial charge in [-0.05, 0) is 80.3 Å². The van der Waals surface area contributed by atoms with Gasteiger partial charge >= 0.3 is 0 Å². The standard InChI is InChI=1S/C21H31ClN2S2/c1-3-16(13-15(2)17-8-9-17)7-10-20-24(11-12-26-20)21(25)23-19-6-4-5-18(22)14-19/h4-6,14-17,20H,3,7-13H2,1-2H3,(H,23,25). The molecule has 2 nitrogen and oxygen atoms in total. The summed E-state index contributed by atoms with van der Waals surface area (Å²) in [5.74, 6) is 3.97. The van der Waals surface area contributed by atoms with Crippen LogP contribution >= 0.6 is 35.6 Å². The summed E-state index contributed by atoms with van der Waals surface area (Å²) in [5.41, 5.74) is 0.975. The lowest BCUT2D eigenvalue weighted by atomic mass is 9.87. The topological polar surface area (TPSA) is 15.3 Å². The Labute approximate surface area is 173 Å². The fraction of sp³-hybridized carbons (Fsp3) is 0.667. The second-order valence-corrected chi connectivity index (χ2v) is 9.97. The van der Waals surface area contributed by atoms with Crippen molar-refractivity contribution in [1.29, 1.82) is 0 Å². The normalized spacial score (nSPS) is 22.3. The van der Waals surface area contributed by atoms with Gasteiger partial charge in [-0.3, -0.25) is 0 Å². The van der Waals surface area contributed by atoms with E-state index in [0.29, 0.717) is 5.37 Å². The van der Waals surface area contributed by atoms with E-state index < -0.39 is 0 Å². The quantitative estimate of drug-likeness (QED) is 0.482. The molecule has 1 N–H and O–H groups in total. The first-order valence-electron chi connectivity index (χ1n) is 10.0. The number of hydrogen-bond donors (Lipinski definition) is 1. The molecular weight excluding hydrogens is 380 g/mol. The van der Waals surface area contributed by atoms with Crippen LogP contribution in [-0.4, -0.2) is 27.7 Å². The SMILES string of the molecule is CCC(CCC1SCCN1C(=S)Nc1cccc(Cl)c1)CC(C)C1CC1. The highest BCUT2D eigenvalue weighted by molar-refractivity contribution is 8.00. The second kappa shape index (κ2) is 9.66. The van der Waals surface area contributed by atoms with Crippen LogP contribution in [0.3, 0.4) is 0 Å². The molecule has 2 fully saturated rings. The Morgan fingerprint density at radius 3 is 2.92 bits per heavy atom. The Bertz CT molecular complexity index is 605. The van der Waals surface area contributed by atoms with Gasteiger partial charge in [0.1, 0.15) is 0 Å². The monoisotopic (exact) mass is 410 g/mol. The summed E-state index contributed by atoms with van der Waals surface area (Å²) in [6.45, 7) is 5.85. The number of halogens is 1. The lowest BCUT2D eigenvalue weighted by molar-refractivity contribution is 0.311. The Balaban J connectivity index is 1.49. The van der Waals surface area contributed by atoms with Crippen molar-refractivity contribution < 1.29 is 0 Å². The minimum atomic E-state index is 0.513. The van der Waals surface area contributed by atoms with Crippen LogP contribution in [0.25, 0.3) is 0 Å². The second-order valence-electron chi connectivity index (χ2n) is 7.86. The van der Waals surface area contributed by atoms with Gasteiger partial charge in [-0.15, -0.1) is 11.8 Å². The number of hydrogen-bond acceptors (Lipinski definition) is 2. The largest absolute Gasteiger partial charge is 0.336 e. The summed E-state index contributed by atoms with van der Waals surface area (Å²) < 4.78 is 0. The zero-order valence-electron chi connectivity index (χ0n) is 15.9. The highest BCUT2D eigenvalue weighted by atomic mass is 35.5. The van der Waals surface area contributed by atoms with E-state index in [0.717, 1.165) is 45.9 Å². The predicted octanol–water partition coefficient (Wildman–Crippen LogP) is 6.65. The Kier molecular flexibility index (Phi) is 7.54. The van der Waals surface area contributed by atoms with E-state index in [-0.39, 0.29) is 0 Å². The van der Waals surface area contributed by atoms with Gasteiger partial charge in [0.15, 0.2) is 5.11 Å². The fourth-order valence-corrected chi connectivity index (χ4v) is 5.87. The summed E-state index contributed by atoms with van der Waals surface area (Å²) in [7, 11) is 0. The smallest absolute Gasteiger partial charge is 0.174 e. The van der Waals surface area contributed by atoms with Crippen molar-refractivity contribution in [2.75, 3.05) is 17.6 Å². The van der Waals surface area contributed by atoms with Crippen molar-refractivity contribution in [2.45, 2.75) is 57.7 Å². The molecular formula is C21H31ClN2S2. The molecule has 1 aromatic carbocycles. The van der Waals surface area contributed by atoms with Gasteiger partial charge in [0.2, 0.25) is 0 Å². The Morgan fingerprint density at radius 1 is 1.42 bits per heavy atom. The Hall–Kier alpha value is -0.450. The minimum Gasteiger partial charge on any atom is -0.336 e. The zero-order chi connectivity index (χ0) is 18.5. The molecule has 5 heteroatoms. The van der Waals surface area contributed by atoms with Crippen LogP contribution in [0.1, 0.15) is 52.4 Å². The average Bonchev–Trinajstić information content (AvgIpc) is 3.36. The molecule has 2 aliphatic rings. The van der Waals surface area contributed by atoms with Crippen LogP contribution in [0.15, 0.2) is 24.3 Å². The summed E-state index contributed by atoms with van der Waals surface area (Å²) in [5, 5.41) is 5.46. The lowest BCUT2D eigenvalue weighted by Crippen LogP contribution is -2.38. The average molecular weight is 411 g/mol. The molecule has 26 heavy (non-hydrogen) atoms. The number of anilines is 1. The third-order valence-electron chi connectivity index (χ3n) is 5.86. The summed E-state index contributed by atoms with van der Waals surface area (Å²) >= 11 is 13.8. The molecule has 1 saturated heterocycles. The van der Waals surface area contributed by atoms with E-state index in [2.05, 4.69) is 35.8 Å². The number of thiocarbonyl (C=S) groups is 1. The van der Waals surface area contributed by atoms with Gasteiger partial charge in [-0.2, -0.15) is 0 Å². The number of thioether (sulfide) groups is 1. The maximum Gasteiger partial charge on any atom is 0.174 e. The third-order valence-corrected chi connectivity index (χ3v) is 7.72. The zero-order valence-corrected chi connectivity index (χ0v) is 18.3. The molecule has 1 heterocycles. The van der Waals surface area contributed by atoms with Crippen LogP contribution < -0.4 is 5.32 Å². The van der Waals surface area contributed by atoms with Crippen molar-refractivity contribution in [1.82, 2.24) is 4.90 Å². The minimum absolute atomic E-state index is 0.513. The van der Waals surface area contributed by atoms with Gasteiger partial charge in [0.05, 0.1) is 5.37 Å². The molecule has 0 bridgehead atoms. The first-order chi connectivity index (χ1) is 12.6. The van der Waals surface area contributed by atoms with Crippen LogP contribution in [0.2, 0.25) is 5.02 Å². The molecule has 144 valence electrons. The summed E-state index contributed by atoms with van der Waals surface area (Å²) in [6, 6.07) is 7.79. The molecule has 3 atom stereocenters. The van der Waals surface area contributed by atoms with Gasteiger partial charge in [0.25, 0.3) is 0 Å². The molecule has 0 aromatic heterocycles. The van der Waals surface area contributed by atoms with Crippen LogP contribution in [0.4, 0.5) is 5.69 Å². The van der Waals surface area contributed by atoms with Gasteiger partial charge < -0.3 is 10.2 Å². The van der Waals surface area contributed by atoms with Gasteiger partial charge in [0, 0.05) is 23.0 Å². The third kappa shape index (κ3) is 5.77. The molecule has 0 spiro atoms. The summed E-state index contributed by atoms with van der Waals surface area (Å²) in [6.07, 6.45) is 8.20. The number of rotatable bonds is 8. The van der Waals surface area contributed by atoms with E-state index in [9.17, 15) is 0 Å². The first kappa shape index (κ1) is 20.3. The maximum atomic E-state index is 6.08. The van der Waals surface area contributed by atoms with Gasteiger partial charge in [-0.1, -0.05) is 37.9 Å². The number of nitrogens with one attached hydrogen (secondary N) is 1. The highest BCUT2D eigenvalue weighted by Gasteiger charge is 2.31. The molecule has 1 saturated carbocycles. The lowest BCUT2D eigenvalue weighted by Gasteiger charge is -2.28. The molecule has 1 aliphatic heterocycles. The van der Waals surface area contributed by atoms with E-state index >= 15 is 0 Å². The van der Waals surface area contributed by atoms with Crippen molar-refractivity contribution in [3.05, 3.63) is 29.3 Å². The molecule has 1 aromatic rings.